The Bertz CT molecular complexity index is 1250. The Morgan fingerprint density at radius 1 is 1.11 bits per heavy atom. The molecule has 0 atom stereocenters. The van der Waals surface area contributed by atoms with Crippen LogP contribution in [0.5, 0.6) is 11.5 Å². The number of aryl methyl sites for hydroxylation is 3. The molecular formula is C20H21N5O2S. The van der Waals surface area contributed by atoms with Crippen LogP contribution in [0.4, 0.5) is 0 Å². The van der Waals surface area contributed by atoms with Crippen LogP contribution in [-0.4, -0.2) is 34.5 Å². The van der Waals surface area contributed by atoms with Gasteiger partial charge in [0, 0.05) is 12.6 Å². The first kappa shape index (κ1) is 18.2. The zero-order valence-electron chi connectivity index (χ0n) is 15.9. The van der Waals surface area contributed by atoms with E-state index in [4.69, 9.17) is 12.2 Å². The molecule has 3 N–H and O–H groups in total. The Balaban J connectivity index is 1.96. The summed E-state index contributed by atoms with van der Waals surface area (Å²) < 4.78 is 4.33. The highest BCUT2D eigenvalue weighted by molar-refractivity contribution is 7.71. The lowest BCUT2D eigenvalue weighted by atomic mass is 10.1. The second-order valence-electron chi connectivity index (χ2n) is 6.62. The molecule has 2 aromatic heterocycles. The van der Waals surface area contributed by atoms with Gasteiger partial charge < -0.3 is 14.8 Å². The van der Waals surface area contributed by atoms with Gasteiger partial charge in [0.25, 0.3) is 0 Å². The molecule has 28 heavy (non-hydrogen) atoms. The van der Waals surface area contributed by atoms with Gasteiger partial charge in [-0.05, 0) is 62.3 Å². The molecule has 0 saturated heterocycles. The maximum Gasteiger partial charge on any atom is 0.200 e. The molecule has 0 fully saturated rings. The second kappa shape index (κ2) is 6.79. The number of H-pyrrole nitrogens is 1. The van der Waals surface area contributed by atoms with Gasteiger partial charge in [-0.3, -0.25) is 9.67 Å². The van der Waals surface area contributed by atoms with Gasteiger partial charge in [-0.15, -0.1) is 0 Å². The van der Waals surface area contributed by atoms with E-state index in [0.717, 1.165) is 34.7 Å². The Hall–Kier alpha value is -3.13. The largest absolute Gasteiger partial charge is 0.508 e. The summed E-state index contributed by atoms with van der Waals surface area (Å²) in [5.41, 5.74) is 3.98. The van der Waals surface area contributed by atoms with Crippen LogP contribution in [0.2, 0.25) is 0 Å². The Morgan fingerprint density at radius 3 is 2.61 bits per heavy atom. The summed E-state index contributed by atoms with van der Waals surface area (Å²) in [5.74, 6) is 1.44. The summed E-state index contributed by atoms with van der Waals surface area (Å²) in [7, 11) is 0. The Labute approximate surface area is 166 Å². The molecule has 0 aliphatic rings. The Morgan fingerprint density at radius 2 is 1.89 bits per heavy atom. The van der Waals surface area contributed by atoms with Crippen LogP contribution in [0.25, 0.3) is 28.1 Å². The molecular weight excluding hydrogens is 374 g/mol. The molecule has 0 bridgehead atoms. The van der Waals surface area contributed by atoms with E-state index < -0.39 is 0 Å². The first-order valence-corrected chi connectivity index (χ1v) is 9.55. The maximum atomic E-state index is 10.4. The molecule has 0 unspecified atom stereocenters. The lowest BCUT2D eigenvalue weighted by Gasteiger charge is -2.11. The predicted molar refractivity (Wildman–Crippen MR) is 111 cm³/mol. The van der Waals surface area contributed by atoms with Gasteiger partial charge in [0.1, 0.15) is 17.3 Å². The van der Waals surface area contributed by atoms with E-state index in [1.54, 1.807) is 10.6 Å². The summed E-state index contributed by atoms with van der Waals surface area (Å²) in [6, 6.07) is 8.99. The number of aromatic hydroxyl groups is 2. The number of rotatable bonds is 4. The van der Waals surface area contributed by atoms with Gasteiger partial charge >= 0.3 is 0 Å². The van der Waals surface area contributed by atoms with Crippen LogP contribution in [0.15, 0.2) is 30.3 Å². The lowest BCUT2D eigenvalue weighted by Crippen LogP contribution is -2.00. The van der Waals surface area contributed by atoms with E-state index in [1.165, 1.54) is 6.07 Å². The molecule has 8 heteroatoms. The number of imidazole rings is 1. The summed E-state index contributed by atoms with van der Waals surface area (Å²) in [6.07, 6.45) is 0.630. The van der Waals surface area contributed by atoms with Crippen molar-refractivity contribution in [1.82, 2.24) is 24.3 Å². The molecule has 0 aliphatic heterocycles. The van der Waals surface area contributed by atoms with Gasteiger partial charge in [-0.1, -0.05) is 6.92 Å². The molecule has 144 valence electrons. The first-order valence-electron chi connectivity index (χ1n) is 9.14. The number of hydrogen-bond donors (Lipinski definition) is 3. The average molecular weight is 395 g/mol. The number of aromatic amines is 1. The smallest absolute Gasteiger partial charge is 0.200 e. The number of benzene rings is 2. The second-order valence-corrected chi connectivity index (χ2v) is 7.00. The van der Waals surface area contributed by atoms with Crippen LogP contribution in [0.1, 0.15) is 25.2 Å². The number of phenolic OH excluding ortho intramolecular Hbond substituents is 2. The zero-order chi connectivity index (χ0) is 20.0. The van der Waals surface area contributed by atoms with Crippen molar-refractivity contribution in [3.63, 3.8) is 0 Å². The van der Waals surface area contributed by atoms with Gasteiger partial charge in [-0.2, -0.15) is 5.10 Å². The maximum absolute atomic E-state index is 10.4. The van der Waals surface area contributed by atoms with E-state index in [9.17, 15) is 10.2 Å². The normalized spacial score (nSPS) is 11.4. The van der Waals surface area contributed by atoms with Crippen molar-refractivity contribution in [1.29, 1.82) is 0 Å². The number of aromatic nitrogens is 5. The van der Waals surface area contributed by atoms with Gasteiger partial charge in [0.2, 0.25) is 0 Å². The molecule has 0 saturated carbocycles. The van der Waals surface area contributed by atoms with Crippen molar-refractivity contribution >= 4 is 23.3 Å². The van der Waals surface area contributed by atoms with Crippen molar-refractivity contribution in [3.8, 4) is 28.6 Å². The van der Waals surface area contributed by atoms with Crippen LogP contribution in [0.3, 0.4) is 0 Å². The molecule has 2 heterocycles. The molecule has 4 aromatic rings. The van der Waals surface area contributed by atoms with Crippen LogP contribution in [-0.2, 0) is 13.0 Å². The minimum Gasteiger partial charge on any atom is -0.508 e. The number of fused-ring (bicyclic) bond motifs is 1. The van der Waals surface area contributed by atoms with E-state index >= 15 is 0 Å². The molecule has 0 radical (unpaired) electrons. The third-order valence-corrected chi connectivity index (χ3v) is 5.26. The summed E-state index contributed by atoms with van der Waals surface area (Å²) >= 11 is 5.47. The fraction of sp³-hybridized carbons (Fsp3) is 0.250. The van der Waals surface area contributed by atoms with E-state index in [0.29, 0.717) is 22.6 Å². The summed E-state index contributed by atoms with van der Waals surface area (Å²) in [6.45, 7) is 6.82. The Kier molecular flexibility index (Phi) is 4.43. The highest BCUT2D eigenvalue weighted by Gasteiger charge is 2.18. The van der Waals surface area contributed by atoms with E-state index in [-0.39, 0.29) is 11.5 Å². The highest BCUT2D eigenvalue weighted by atomic mass is 32.1. The van der Waals surface area contributed by atoms with Crippen molar-refractivity contribution in [3.05, 3.63) is 46.5 Å². The predicted octanol–water partition coefficient (Wildman–Crippen LogP) is 4.25. The van der Waals surface area contributed by atoms with Crippen molar-refractivity contribution in [2.24, 2.45) is 0 Å². The van der Waals surface area contributed by atoms with Crippen LogP contribution in [0, 0.1) is 11.7 Å². The topological polar surface area (TPSA) is 91.9 Å². The minimum atomic E-state index is -0.0551. The zero-order valence-corrected chi connectivity index (χ0v) is 16.7. The average Bonchev–Trinajstić information content (AvgIpc) is 3.20. The van der Waals surface area contributed by atoms with Gasteiger partial charge in [-0.25, -0.2) is 4.98 Å². The van der Waals surface area contributed by atoms with E-state index in [2.05, 4.69) is 26.7 Å². The van der Waals surface area contributed by atoms with E-state index in [1.807, 2.05) is 32.0 Å². The van der Waals surface area contributed by atoms with Crippen molar-refractivity contribution in [2.45, 2.75) is 33.7 Å². The molecule has 2 aromatic carbocycles. The van der Waals surface area contributed by atoms with Crippen molar-refractivity contribution in [2.75, 3.05) is 0 Å². The lowest BCUT2D eigenvalue weighted by molar-refractivity contribution is 0.447. The quantitative estimate of drug-likeness (QED) is 0.449. The molecule has 4 rings (SSSR count). The van der Waals surface area contributed by atoms with Gasteiger partial charge in [0.05, 0.1) is 22.3 Å². The summed E-state index contributed by atoms with van der Waals surface area (Å²) in [5, 5.41) is 27.6. The number of nitrogens with one attached hydrogen (secondary N) is 1. The standard InChI is InChI=1S/C20H21N5O2S/c1-4-12-8-14(18(27)10-17(12)26)19-22-23-20(28)25(19)13-6-7-15-16(9-13)24(5-2)11(3)21-15/h6-10,26-27H,4-5H2,1-3H3,(H,23,28). The number of phenols is 2. The number of nitrogens with zero attached hydrogens (tertiary/aromatic N) is 4. The fourth-order valence-corrected chi connectivity index (χ4v) is 3.81. The van der Waals surface area contributed by atoms with Crippen LogP contribution >= 0.6 is 12.2 Å². The molecule has 0 spiro atoms. The SMILES string of the molecule is CCc1cc(-c2n[nH]c(=S)n2-c2ccc3nc(C)n(CC)c3c2)c(O)cc1O. The molecule has 0 amide bonds. The highest BCUT2D eigenvalue weighted by Crippen LogP contribution is 2.35. The molecule has 0 aliphatic carbocycles. The number of hydrogen-bond acceptors (Lipinski definition) is 5. The third kappa shape index (κ3) is 2.77. The van der Waals surface area contributed by atoms with Crippen molar-refractivity contribution < 1.29 is 10.2 Å². The first-order chi connectivity index (χ1) is 13.4. The van der Waals surface area contributed by atoms with Crippen LogP contribution < -0.4 is 0 Å². The molecule has 7 nitrogen and oxygen atoms in total. The fourth-order valence-electron chi connectivity index (χ4n) is 3.57. The minimum absolute atomic E-state index is 0.0551. The summed E-state index contributed by atoms with van der Waals surface area (Å²) in [4.78, 5) is 4.59. The monoisotopic (exact) mass is 395 g/mol. The van der Waals surface area contributed by atoms with Gasteiger partial charge in [0.15, 0.2) is 10.6 Å². The third-order valence-electron chi connectivity index (χ3n) is 4.99.